The average molecular weight is 305 g/mol. The molecule has 0 spiro atoms. The molecule has 0 heterocycles. The Kier molecular flexibility index (Phi) is 7.67. The largest absolute Gasteiger partial charge is 0.465 e. The van der Waals surface area contributed by atoms with Crippen LogP contribution < -0.4 is 10.7 Å². The van der Waals surface area contributed by atoms with Gasteiger partial charge in [0.2, 0.25) is 0 Å². The van der Waals surface area contributed by atoms with Gasteiger partial charge in [-0.15, -0.1) is 0 Å². The third kappa shape index (κ3) is 5.95. The van der Waals surface area contributed by atoms with Crippen molar-refractivity contribution < 1.29 is 14.3 Å². The van der Waals surface area contributed by atoms with Crippen LogP contribution in [0, 0.1) is 5.92 Å². The molecule has 0 unspecified atom stereocenters. The number of hydrogen-bond acceptors (Lipinski definition) is 4. The first kappa shape index (κ1) is 17.7. The number of benzene rings is 1. The molecular formula is C16H23N3O3. The van der Waals surface area contributed by atoms with Crippen LogP contribution in [0.25, 0.3) is 0 Å². The van der Waals surface area contributed by atoms with E-state index in [4.69, 9.17) is 4.74 Å². The summed E-state index contributed by atoms with van der Waals surface area (Å²) < 4.78 is 5.03. The van der Waals surface area contributed by atoms with Crippen molar-refractivity contribution in [3.05, 3.63) is 30.3 Å². The van der Waals surface area contributed by atoms with Crippen molar-refractivity contribution in [1.82, 2.24) is 5.43 Å². The molecule has 120 valence electrons. The molecule has 22 heavy (non-hydrogen) atoms. The molecule has 0 bridgehead atoms. The maximum Gasteiger partial charge on any atom is 0.339 e. The Morgan fingerprint density at radius 2 is 1.91 bits per heavy atom. The topological polar surface area (TPSA) is 79.8 Å². The summed E-state index contributed by atoms with van der Waals surface area (Å²) in [5.74, 6) is -0.738. The number of ether oxygens (including phenoxy) is 1. The van der Waals surface area contributed by atoms with Gasteiger partial charge >= 0.3 is 12.0 Å². The summed E-state index contributed by atoms with van der Waals surface area (Å²) in [6, 6.07) is 8.60. The number of hydrogen-bond donors (Lipinski definition) is 2. The number of esters is 1. The normalized spacial score (nSPS) is 12.4. The Hall–Kier alpha value is -2.37. The lowest BCUT2D eigenvalue weighted by Crippen LogP contribution is -2.29. The molecule has 1 aromatic rings. The summed E-state index contributed by atoms with van der Waals surface area (Å²) >= 11 is 0. The number of urea groups is 1. The highest BCUT2D eigenvalue weighted by atomic mass is 16.5. The van der Waals surface area contributed by atoms with Gasteiger partial charge in [0.25, 0.3) is 0 Å². The van der Waals surface area contributed by atoms with E-state index in [9.17, 15) is 9.59 Å². The fourth-order valence-corrected chi connectivity index (χ4v) is 1.93. The van der Waals surface area contributed by atoms with Gasteiger partial charge in [0.15, 0.2) is 0 Å². The Morgan fingerprint density at radius 1 is 1.23 bits per heavy atom. The number of para-hydroxylation sites is 1. The van der Waals surface area contributed by atoms with Crippen LogP contribution in [0.4, 0.5) is 10.5 Å². The summed E-state index contributed by atoms with van der Waals surface area (Å²) in [4.78, 5) is 23.6. The Labute approximate surface area is 130 Å². The molecule has 1 aromatic carbocycles. The molecule has 0 saturated carbocycles. The molecule has 2 N–H and O–H groups in total. The standard InChI is InChI=1S/C16H23N3O3/c1-4-9-14(15(20)22-5-2)12(3)18-19-16(21)17-13-10-7-6-8-11-13/h6-8,10-11,14H,4-5,9H2,1-3H3,(H2,17,19,21)/b18-12+/t14-/m0/s1. The van der Waals surface area contributed by atoms with E-state index in [1.165, 1.54) is 0 Å². The predicted molar refractivity (Wildman–Crippen MR) is 86.7 cm³/mol. The number of carbonyl (C=O) groups is 2. The second-order valence-electron chi connectivity index (χ2n) is 4.78. The van der Waals surface area contributed by atoms with Gasteiger partial charge in [-0.2, -0.15) is 5.10 Å². The summed E-state index contributed by atoms with van der Waals surface area (Å²) in [6.45, 7) is 5.78. The van der Waals surface area contributed by atoms with E-state index in [0.29, 0.717) is 24.4 Å². The molecule has 0 aromatic heterocycles. The van der Waals surface area contributed by atoms with Gasteiger partial charge in [0.1, 0.15) is 0 Å². The van der Waals surface area contributed by atoms with Crippen LogP contribution in [-0.4, -0.2) is 24.3 Å². The van der Waals surface area contributed by atoms with Crippen LogP contribution in [0.2, 0.25) is 0 Å². The van der Waals surface area contributed by atoms with E-state index in [2.05, 4.69) is 15.8 Å². The molecule has 6 nitrogen and oxygen atoms in total. The second kappa shape index (κ2) is 9.55. The minimum absolute atomic E-state index is 0.309. The van der Waals surface area contributed by atoms with E-state index >= 15 is 0 Å². The molecule has 0 aliphatic rings. The van der Waals surface area contributed by atoms with E-state index in [-0.39, 0.29) is 5.97 Å². The maximum absolute atomic E-state index is 11.9. The van der Waals surface area contributed by atoms with Gasteiger partial charge in [-0.25, -0.2) is 10.2 Å². The van der Waals surface area contributed by atoms with Gasteiger partial charge in [0, 0.05) is 11.4 Å². The Balaban J connectivity index is 2.61. The zero-order valence-electron chi connectivity index (χ0n) is 13.3. The first-order chi connectivity index (χ1) is 10.6. The molecule has 2 amide bonds. The summed E-state index contributed by atoms with van der Waals surface area (Å²) in [5, 5.41) is 6.65. The summed E-state index contributed by atoms with van der Waals surface area (Å²) in [7, 11) is 0. The van der Waals surface area contributed by atoms with Gasteiger partial charge in [-0.05, 0) is 32.4 Å². The molecule has 0 radical (unpaired) electrons. The fraction of sp³-hybridized carbons (Fsp3) is 0.438. The molecule has 1 rings (SSSR count). The number of rotatable bonds is 7. The maximum atomic E-state index is 11.9. The van der Waals surface area contributed by atoms with Crippen molar-refractivity contribution in [2.75, 3.05) is 11.9 Å². The number of amides is 2. The number of nitrogens with zero attached hydrogens (tertiary/aromatic N) is 1. The van der Waals surface area contributed by atoms with Crippen molar-refractivity contribution in [3.8, 4) is 0 Å². The third-order valence-corrected chi connectivity index (χ3v) is 3.02. The van der Waals surface area contributed by atoms with Crippen molar-refractivity contribution in [2.24, 2.45) is 11.0 Å². The zero-order valence-corrected chi connectivity index (χ0v) is 13.3. The third-order valence-electron chi connectivity index (χ3n) is 3.02. The zero-order chi connectivity index (χ0) is 16.4. The van der Waals surface area contributed by atoms with Crippen molar-refractivity contribution >= 4 is 23.4 Å². The molecule has 0 saturated heterocycles. The quantitative estimate of drug-likeness (QED) is 0.461. The minimum atomic E-state index is -0.454. The Morgan fingerprint density at radius 3 is 2.50 bits per heavy atom. The summed E-state index contributed by atoms with van der Waals surface area (Å²) in [6.07, 6.45) is 1.46. The number of anilines is 1. The van der Waals surface area contributed by atoms with E-state index in [0.717, 1.165) is 6.42 Å². The van der Waals surface area contributed by atoms with Gasteiger partial charge < -0.3 is 10.1 Å². The van der Waals surface area contributed by atoms with E-state index < -0.39 is 11.9 Å². The van der Waals surface area contributed by atoms with Crippen molar-refractivity contribution in [2.45, 2.75) is 33.6 Å². The van der Waals surface area contributed by atoms with Crippen LogP contribution in [0.5, 0.6) is 0 Å². The molecule has 0 fully saturated rings. The fourth-order valence-electron chi connectivity index (χ4n) is 1.93. The van der Waals surface area contributed by atoms with Gasteiger partial charge in [0.05, 0.1) is 12.5 Å². The van der Waals surface area contributed by atoms with Crippen molar-refractivity contribution in [1.29, 1.82) is 0 Å². The number of hydrazone groups is 1. The van der Waals surface area contributed by atoms with Gasteiger partial charge in [-0.1, -0.05) is 31.5 Å². The molecule has 0 aliphatic heterocycles. The first-order valence-corrected chi connectivity index (χ1v) is 7.41. The highest BCUT2D eigenvalue weighted by Crippen LogP contribution is 2.11. The molecule has 6 heteroatoms. The highest BCUT2D eigenvalue weighted by Gasteiger charge is 2.22. The lowest BCUT2D eigenvalue weighted by Gasteiger charge is -2.14. The molecule has 1 atom stereocenters. The van der Waals surface area contributed by atoms with Gasteiger partial charge in [-0.3, -0.25) is 4.79 Å². The van der Waals surface area contributed by atoms with Crippen LogP contribution >= 0.6 is 0 Å². The van der Waals surface area contributed by atoms with Crippen LogP contribution in [0.1, 0.15) is 33.6 Å². The Bertz CT molecular complexity index is 515. The van der Waals surface area contributed by atoms with Crippen LogP contribution in [0.3, 0.4) is 0 Å². The molecular weight excluding hydrogens is 282 g/mol. The minimum Gasteiger partial charge on any atom is -0.465 e. The van der Waals surface area contributed by atoms with E-state index in [1.807, 2.05) is 25.1 Å². The smallest absolute Gasteiger partial charge is 0.339 e. The van der Waals surface area contributed by atoms with Crippen LogP contribution in [0.15, 0.2) is 35.4 Å². The highest BCUT2D eigenvalue weighted by molar-refractivity contribution is 6.01. The average Bonchev–Trinajstić information content (AvgIpc) is 2.51. The monoisotopic (exact) mass is 305 g/mol. The van der Waals surface area contributed by atoms with Crippen LogP contribution in [-0.2, 0) is 9.53 Å². The summed E-state index contributed by atoms with van der Waals surface area (Å²) in [5.41, 5.74) is 3.60. The molecule has 0 aliphatic carbocycles. The SMILES string of the molecule is CCC[C@H](C(=O)OCC)/C(C)=N/NC(=O)Nc1ccccc1. The lowest BCUT2D eigenvalue weighted by molar-refractivity contribution is -0.145. The van der Waals surface area contributed by atoms with Crippen molar-refractivity contribution in [3.63, 3.8) is 0 Å². The first-order valence-electron chi connectivity index (χ1n) is 7.41. The number of carbonyl (C=O) groups excluding carboxylic acids is 2. The second-order valence-corrected chi connectivity index (χ2v) is 4.78. The predicted octanol–water partition coefficient (Wildman–Crippen LogP) is 3.16. The lowest BCUT2D eigenvalue weighted by atomic mass is 9.99. The van der Waals surface area contributed by atoms with E-state index in [1.54, 1.807) is 26.0 Å². The number of nitrogens with one attached hydrogen (secondary N) is 2.